The van der Waals surface area contributed by atoms with E-state index in [9.17, 15) is 0 Å². The number of unbranched alkanes of at least 4 members (excludes halogenated alkanes) is 1. The van der Waals surface area contributed by atoms with Crippen LogP contribution in [0.25, 0.3) is 0 Å². The van der Waals surface area contributed by atoms with Gasteiger partial charge in [0.1, 0.15) is 0 Å². The van der Waals surface area contributed by atoms with Gasteiger partial charge in [0.25, 0.3) is 0 Å². The highest BCUT2D eigenvalue weighted by Crippen LogP contribution is 2.29. The summed E-state index contributed by atoms with van der Waals surface area (Å²) >= 11 is 0. The second-order valence-corrected chi connectivity index (χ2v) is 6.99. The maximum atomic E-state index is 3.51. The van der Waals surface area contributed by atoms with Gasteiger partial charge in [-0.15, -0.1) is 0 Å². The maximum absolute atomic E-state index is 3.51. The first kappa shape index (κ1) is 16.3. The molecule has 2 rings (SSSR count). The molecule has 0 amide bonds. The van der Waals surface area contributed by atoms with Crippen LogP contribution >= 0.6 is 0 Å². The average molecular weight is 281 g/mol. The molecule has 0 spiro atoms. The van der Waals surface area contributed by atoms with E-state index in [2.05, 4.69) is 36.0 Å². The molecule has 3 atom stereocenters. The Morgan fingerprint density at radius 2 is 2.05 bits per heavy atom. The summed E-state index contributed by atoms with van der Waals surface area (Å²) in [6, 6.07) is 1.58. The normalized spacial score (nSPS) is 30.1. The monoisotopic (exact) mass is 281 g/mol. The summed E-state index contributed by atoms with van der Waals surface area (Å²) in [5.41, 5.74) is 0. The van der Waals surface area contributed by atoms with Crippen molar-refractivity contribution in [3.8, 4) is 0 Å². The molecule has 2 fully saturated rings. The lowest BCUT2D eigenvalue weighted by Gasteiger charge is -2.46. The third kappa shape index (κ3) is 4.71. The third-order valence-corrected chi connectivity index (χ3v) is 5.34. The molecule has 118 valence electrons. The molecular formula is C17H35N3. The lowest BCUT2D eigenvalue weighted by molar-refractivity contribution is 0.0379. The van der Waals surface area contributed by atoms with Crippen LogP contribution in [0.5, 0.6) is 0 Å². The predicted molar refractivity (Wildman–Crippen MR) is 87.2 cm³/mol. The number of nitrogens with one attached hydrogen (secondary N) is 1. The van der Waals surface area contributed by atoms with Crippen molar-refractivity contribution in [1.29, 1.82) is 0 Å². The summed E-state index contributed by atoms with van der Waals surface area (Å²) in [4.78, 5) is 5.35. The van der Waals surface area contributed by atoms with Crippen molar-refractivity contribution in [2.45, 2.75) is 64.5 Å². The van der Waals surface area contributed by atoms with Crippen LogP contribution in [0.2, 0.25) is 0 Å². The van der Waals surface area contributed by atoms with Gasteiger partial charge in [0.2, 0.25) is 0 Å². The van der Waals surface area contributed by atoms with Crippen molar-refractivity contribution in [2.75, 3.05) is 39.8 Å². The Morgan fingerprint density at radius 3 is 2.85 bits per heavy atom. The molecule has 0 saturated carbocycles. The molecule has 3 unspecified atom stereocenters. The molecule has 3 heteroatoms. The summed E-state index contributed by atoms with van der Waals surface area (Å²) < 4.78 is 0. The minimum Gasteiger partial charge on any atom is -0.315 e. The highest BCUT2D eigenvalue weighted by atomic mass is 15.2. The Bertz CT molecular complexity index is 269. The van der Waals surface area contributed by atoms with Crippen molar-refractivity contribution >= 4 is 0 Å². The zero-order valence-electron chi connectivity index (χ0n) is 13.9. The van der Waals surface area contributed by atoms with Gasteiger partial charge in [-0.2, -0.15) is 0 Å². The molecule has 0 aromatic heterocycles. The summed E-state index contributed by atoms with van der Waals surface area (Å²) in [5.74, 6) is 0.947. The average Bonchev–Trinajstić information content (AvgIpc) is 2.44. The molecule has 20 heavy (non-hydrogen) atoms. The molecule has 2 aliphatic rings. The molecule has 3 nitrogen and oxygen atoms in total. The van der Waals surface area contributed by atoms with Gasteiger partial charge in [-0.3, -0.25) is 0 Å². The van der Waals surface area contributed by atoms with Gasteiger partial charge >= 0.3 is 0 Å². The predicted octanol–water partition coefficient (Wildman–Crippen LogP) is 2.57. The fraction of sp³-hybridized carbons (Fsp3) is 1.00. The lowest BCUT2D eigenvalue weighted by atomic mass is 9.84. The summed E-state index contributed by atoms with van der Waals surface area (Å²) in [6.45, 7) is 10.9. The number of hydrogen-bond acceptors (Lipinski definition) is 3. The van der Waals surface area contributed by atoms with Crippen LogP contribution in [0.3, 0.4) is 0 Å². The summed E-state index contributed by atoms with van der Waals surface area (Å²) in [6.07, 6.45) is 8.35. The van der Waals surface area contributed by atoms with Crippen LogP contribution in [0.15, 0.2) is 0 Å². The van der Waals surface area contributed by atoms with E-state index in [0.29, 0.717) is 6.04 Å². The van der Waals surface area contributed by atoms with Crippen LogP contribution in [-0.4, -0.2) is 61.7 Å². The Kier molecular flexibility index (Phi) is 6.79. The van der Waals surface area contributed by atoms with E-state index in [1.807, 2.05) is 0 Å². The zero-order valence-corrected chi connectivity index (χ0v) is 13.9. The van der Waals surface area contributed by atoms with Crippen molar-refractivity contribution < 1.29 is 0 Å². The standard InChI is InChI=1S/C17H35N3/c1-4-18-15(2)8-5-6-12-20-13-10-17-16(14-20)9-7-11-19(17)3/h15-18H,4-14H2,1-3H3. The SMILES string of the molecule is CCNC(C)CCCCN1CCC2C(CCCN2C)C1. The van der Waals surface area contributed by atoms with Gasteiger partial charge in [0.15, 0.2) is 0 Å². The first-order valence-corrected chi connectivity index (χ1v) is 8.86. The van der Waals surface area contributed by atoms with E-state index in [1.165, 1.54) is 64.7 Å². The van der Waals surface area contributed by atoms with Gasteiger partial charge in [0.05, 0.1) is 0 Å². The summed E-state index contributed by atoms with van der Waals surface area (Å²) in [5, 5.41) is 3.51. The Labute approximate surface area is 126 Å². The molecule has 2 aliphatic heterocycles. The Morgan fingerprint density at radius 1 is 1.20 bits per heavy atom. The Hall–Kier alpha value is -0.120. The Balaban J connectivity index is 1.61. The topological polar surface area (TPSA) is 18.5 Å². The molecule has 0 aromatic rings. The highest BCUT2D eigenvalue weighted by molar-refractivity contribution is 4.89. The van der Waals surface area contributed by atoms with Gasteiger partial charge < -0.3 is 15.1 Å². The van der Waals surface area contributed by atoms with Gasteiger partial charge in [-0.25, -0.2) is 0 Å². The quantitative estimate of drug-likeness (QED) is 0.724. The lowest BCUT2D eigenvalue weighted by Crippen LogP contribution is -2.52. The second kappa shape index (κ2) is 8.35. The van der Waals surface area contributed by atoms with Gasteiger partial charge in [0, 0.05) is 18.6 Å². The van der Waals surface area contributed by atoms with Crippen molar-refractivity contribution in [3.05, 3.63) is 0 Å². The molecule has 0 aliphatic carbocycles. The van der Waals surface area contributed by atoms with Crippen LogP contribution in [-0.2, 0) is 0 Å². The first-order valence-electron chi connectivity index (χ1n) is 8.86. The first-order chi connectivity index (χ1) is 9.70. The van der Waals surface area contributed by atoms with E-state index >= 15 is 0 Å². The van der Waals surface area contributed by atoms with Crippen LogP contribution in [0.4, 0.5) is 0 Å². The maximum Gasteiger partial charge on any atom is 0.0145 e. The van der Waals surface area contributed by atoms with E-state index in [1.54, 1.807) is 0 Å². The smallest absolute Gasteiger partial charge is 0.0145 e. The zero-order chi connectivity index (χ0) is 14.4. The number of hydrogen-bond donors (Lipinski definition) is 1. The highest BCUT2D eigenvalue weighted by Gasteiger charge is 2.33. The molecule has 2 heterocycles. The van der Waals surface area contributed by atoms with Gasteiger partial charge in [-0.05, 0) is 78.2 Å². The fourth-order valence-electron chi connectivity index (χ4n) is 4.17. The third-order valence-electron chi connectivity index (χ3n) is 5.34. The van der Waals surface area contributed by atoms with Crippen LogP contribution in [0, 0.1) is 5.92 Å². The molecular weight excluding hydrogens is 246 g/mol. The molecule has 0 radical (unpaired) electrons. The second-order valence-electron chi connectivity index (χ2n) is 6.99. The minimum atomic E-state index is 0.692. The number of piperidine rings is 2. The van der Waals surface area contributed by atoms with Gasteiger partial charge in [-0.1, -0.05) is 13.3 Å². The van der Waals surface area contributed by atoms with Crippen molar-refractivity contribution in [2.24, 2.45) is 5.92 Å². The number of nitrogens with zero attached hydrogens (tertiary/aromatic N) is 2. The fourth-order valence-corrected chi connectivity index (χ4v) is 4.17. The van der Waals surface area contributed by atoms with Crippen LogP contribution < -0.4 is 5.32 Å². The number of likely N-dealkylation sites (tertiary alicyclic amines) is 2. The van der Waals surface area contributed by atoms with E-state index < -0.39 is 0 Å². The number of fused-ring (bicyclic) bond motifs is 1. The van der Waals surface area contributed by atoms with E-state index in [4.69, 9.17) is 0 Å². The summed E-state index contributed by atoms with van der Waals surface area (Å²) in [7, 11) is 2.33. The molecule has 2 saturated heterocycles. The van der Waals surface area contributed by atoms with E-state index in [0.717, 1.165) is 18.5 Å². The van der Waals surface area contributed by atoms with Crippen molar-refractivity contribution in [1.82, 2.24) is 15.1 Å². The van der Waals surface area contributed by atoms with E-state index in [-0.39, 0.29) is 0 Å². The van der Waals surface area contributed by atoms with Crippen molar-refractivity contribution in [3.63, 3.8) is 0 Å². The number of rotatable bonds is 7. The molecule has 0 aromatic carbocycles. The largest absolute Gasteiger partial charge is 0.315 e. The molecule has 1 N–H and O–H groups in total. The van der Waals surface area contributed by atoms with Crippen LogP contribution in [0.1, 0.15) is 52.4 Å². The molecule has 0 bridgehead atoms. The minimum absolute atomic E-state index is 0.692.